The summed E-state index contributed by atoms with van der Waals surface area (Å²) in [6.07, 6.45) is 0.896. The Kier molecular flexibility index (Phi) is 5.54. The second kappa shape index (κ2) is 6.93. The zero-order valence-electron chi connectivity index (χ0n) is 10.9. The van der Waals surface area contributed by atoms with Crippen LogP contribution in [0, 0.1) is 0 Å². The van der Waals surface area contributed by atoms with Crippen molar-refractivity contribution in [2.75, 3.05) is 39.7 Å². The fourth-order valence-electron chi connectivity index (χ4n) is 1.51. The van der Waals surface area contributed by atoms with Gasteiger partial charge >= 0.3 is 0 Å². The summed E-state index contributed by atoms with van der Waals surface area (Å²) in [4.78, 5) is 17.5. The van der Waals surface area contributed by atoms with Crippen LogP contribution in [0.2, 0.25) is 0 Å². The number of rotatable bonds is 6. The normalized spacial score (nSPS) is 12.0. The van der Waals surface area contributed by atoms with Gasteiger partial charge in [-0.15, -0.1) is 0 Å². The second-order valence-electron chi connectivity index (χ2n) is 3.98. The van der Waals surface area contributed by atoms with Crippen LogP contribution < -0.4 is 5.32 Å². The molecule has 0 radical (unpaired) electrons. The van der Waals surface area contributed by atoms with Gasteiger partial charge in [0.25, 0.3) is 5.91 Å². The number of ether oxygens (including phenoxy) is 1. The molecule has 100 valence electrons. The number of aliphatic hydroxyl groups is 1. The number of carbonyl (C=O) groups is 1. The third kappa shape index (κ3) is 3.97. The lowest BCUT2D eigenvalue weighted by Gasteiger charge is -2.20. The van der Waals surface area contributed by atoms with Crippen molar-refractivity contribution >= 4 is 11.6 Å². The molecule has 0 aliphatic heterocycles. The zero-order chi connectivity index (χ0) is 13.5. The van der Waals surface area contributed by atoms with E-state index in [9.17, 15) is 9.90 Å². The Morgan fingerprint density at radius 3 is 2.83 bits per heavy atom. The van der Waals surface area contributed by atoms with E-state index in [1.54, 1.807) is 32.4 Å². The summed E-state index contributed by atoms with van der Waals surface area (Å²) in [7, 11) is 4.91. The summed E-state index contributed by atoms with van der Waals surface area (Å²) in [6, 6.07) is 3.42. The Morgan fingerprint density at radius 1 is 1.61 bits per heavy atom. The fraction of sp³-hybridized carbons (Fsp3) is 0.500. The van der Waals surface area contributed by atoms with Crippen LogP contribution in [-0.2, 0) is 4.74 Å². The Morgan fingerprint density at radius 2 is 2.33 bits per heavy atom. The summed E-state index contributed by atoms with van der Waals surface area (Å²) in [6.45, 7) is 0.409. The highest BCUT2D eigenvalue weighted by Crippen LogP contribution is 2.07. The van der Waals surface area contributed by atoms with Gasteiger partial charge in [0.2, 0.25) is 0 Å². The molecule has 0 aromatic carbocycles. The van der Waals surface area contributed by atoms with Gasteiger partial charge in [0.05, 0.1) is 24.6 Å². The van der Waals surface area contributed by atoms with Crippen molar-refractivity contribution in [1.29, 1.82) is 0 Å². The molecule has 2 N–H and O–H groups in total. The van der Waals surface area contributed by atoms with Gasteiger partial charge in [0.1, 0.15) is 5.69 Å². The molecule has 1 rings (SSSR count). The highest BCUT2D eigenvalue weighted by atomic mass is 16.5. The first-order chi connectivity index (χ1) is 8.58. The van der Waals surface area contributed by atoms with E-state index < -0.39 is 6.10 Å². The molecule has 0 fully saturated rings. The highest BCUT2D eigenvalue weighted by Gasteiger charge is 2.16. The van der Waals surface area contributed by atoms with Crippen LogP contribution in [0.4, 0.5) is 5.69 Å². The average molecular weight is 253 g/mol. The number of likely N-dealkylation sites (N-methyl/N-ethyl adjacent to an activating group) is 1. The molecule has 6 heteroatoms. The number of carbonyl (C=O) groups excluding carboxylic acids is 1. The van der Waals surface area contributed by atoms with Gasteiger partial charge in [0, 0.05) is 27.7 Å². The maximum absolute atomic E-state index is 12.0. The largest absolute Gasteiger partial charge is 0.389 e. The Labute approximate surface area is 107 Å². The third-order valence-electron chi connectivity index (χ3n) is 2.46. The smallest absolute Gasteiger partial charge is 0.272 e. The molecule has 0 aliphatic rings. The number of aromatic nitrogens is 1. The number of hydrogen-bond acceptors (Lipinski definition) is 5. The first-order valence-corrected chi connectivity index (χ1v) is 5.64. The molecule has 6 nitrogen and oxygen atoms in total. The zero-order valence-corrected chi connectivity index (χ0v) is 10.9. The maximum atomic E-state index is 12.0. The van der Waals surface area contributed by atoms with E-state index in [1.165, 1.54) is 12.0 Å². The summed E-state index contributed by atoms with van der Waals surface area (Å²) >= 11 is 0. The molecule has 1 heterocycles. The van der Waals surface area contributed by atoms with Gasteiger partial charge in [0.15, 0.2) is 0 Å². The van der Waals surface area contributed by atoms with Crippen LogP contribution in [0.5, 0.6) is 0 Å². The van der Waals surface area contributed by atoms with Gasteiger partial charge in [-0.05, 0) is 12.1 Å². The highest BCUT2D eigenvalue weighted by molar-refractivity contribution is 5.92. The maximum Gasteiger partial charge on any atom is 0.272 e. The molecular formula is C12H19N3O3. The number of anilines is 1. The Hall–Kier alpha value is -1.66. The van der Waals surface area contributed by atoms with Crippen LogP contribution in [0.1, 0.15) is 10.5 Å². The molecule has 0 bridgehead atoms. The van der Waals surface area contributed by atoms with E-state index in [1.807, 2.05) is 0 Å². The van der Waals surface area contributed by atoms with E-state index in [0.717, 1.165) is 5.69 Å². The first-order valence-electron chi connectivity index (χ1n) is 5.64. The fourth-order valence-corrected chi connectivity index (χ4v) is 1.51. The molecule has 18 heavy (non-hydrogen) atoms. The van der Waals surface area contributed by atoms with Crippen molar-refractivity contribution in [2.24, 2.45) is 0 Å². The molecule has 0 saturated carbocycles. The summed E-state index contributed by atoms with van der Waals surface area (Å²) in [5.74, 6) is -0.229. The van der Waals surface area contributed by atoms with Gasteiger partial charge in [-0.25, -0.2) is 4.98 Å². The van der Waals surface area contributed by atoms with Gasteiger partial charge in [-0.2, -0.15) is 0 Å². The first kappa shape index (κ1) is 14.4. The van der Waals surface area contributed by atoms with Crippen molar-refractivity contribution < 1.29 is 14.6 Å². The van der Waals surface area contributed by atoms with Crippen LogP contribution in [0.15, 0.2) is 18.3 Å². The number of pyridine rings is 1. The monoisotopic (exact) mass is 253 g/mol. The molecular weight excluding hydrogens is 234 g/mol. The Balaban J connectivity index is 2.62. The van der Waals surface area contributed by atoms with Crippen LogP contribution >= 0.6 is 0 Å². The number of methoxy groups -OCH3 is 1. The predicted octanol–water partition coefficient (Wildman–Crippen LogP) is 0.203. The minimum atomic E-state index is -0.694. The van der Waals surface area contributed by atoms with Gasteiger partial charge in [-0.1, -0.05) is 0 Å². The van der Waals surface area contributed by atoms with Crippen molar-refractivity contribution in [2.45, 2.75) is 6.10 Å². The van der Waals surface area contributed by atoms with Crippen molar-refractivity contribution in [3.05, 3.63) is 24.0 Å². The predicted molar refractivity (Wildman–Crippen MR) is 68.6 cm³/mol. The lowest BCUT2D eigenvalue weighted by Crippen LogP contribution is -2.36. The number of aliphatic hydroxyl groups excluding tert-OH is 1. The number of nitrogens with one attached hydrogen (secondary N) is 1. The Bertz CT molecular complexity index is 381. The average Bonchev–Trinajstić information content (AvgIpc) is 2.38. The summed E-state index contributed by atoms with van der Waals surface area (Å²) in [5.41, 5.74) is 1.19. The van der Waals surface area contributed by atoms with Crippen molar-refractivity contribution in [3.8, 4) is 0 Å². The van der Waals surface area contributed by atoms with Crippen molar-refractivity contribution in [3.63, 3.8) is 0 Å². The SMILES string of the molecule is CNc1ccc(C(=O)N(C)CC(O)COC)nc1. The van der Waals surface area contributed by atoms with Crippen LogP contribution in [0.3, 0.4) is 0 Å². The van der Waals surface area contributed by atoms with E-state index >= 15 is 0 Å². The van der Waals surface area contributed by atoms with Crippen LogP contribution in [-0.4, -0.2) is 61.4 Å². The van der Waals surface area contributed by atoms with E-state index in [0.29, 0.717) is 5.69 Å². The minimum Gasteiger partial charge on any atom is -0.389 e. The van der Waals surface area contributed by atoms with Crippen LogP contribution in [0.25, 0.3) is 0 Å². The molecule has 1 atom stereocenters. The second-order valence-corrected chi connectivity index (χ2v) is 3.98. The molecule has 1 unspecified atom stereocenters. The third-order valence-corrected chi connectivity index (χ3v) is 2.46. The van der Waals surface area contributed by atoms with Crippen molar-refractivity contribution in [1.82, 2.24) is 9.88 Å². The number of amides is 1. The molecule has 1 amide bonds. The van der Waals surface area contributed by atoms with Gasteiger partial charge < -0.3 is 20.1 Å². The lowest BCUT2D eigenvalue weighted by molar-refractivity contribution is 0.0378. The lowest BCUT2D eigenvalue weighted by atomic mass is 10.3. The standard InChI is InChI=1S/C12H19N3O3/c1-13-9-4-5-11(14-6-9)12(17)15(2)7-10(16)8-18-3/h4-6,10,13,16H,7-8H2,1-3H3. The quantitative estimate of drug-likeness (QED) is 0.757. The summed E-state index contributed by atoms with van der Waals surface area (Å²) < 4.78 is 4.81. The summed E-state index contributed by atoms with van der Waals surface area (Å²) in [5, 5.41) is 12.5. The number of hydrogen-bond donors (Lipinski definition) is 2. The molecule has 1 aromatic heterocycles. The topological polar surface area (TPSA) is 74.7 Å². The molecule has 0 aliphatic carbocycles. The molecule has 0 spiro atoms. The number of nitrogens with zero attached hydrogens (tertiary/aromatic N) is 2. The molecule has 0 saturated heterocycles. The van der Waals surface area contributed by atoms with E-state index in [2.05, 4.69) is 10.3 Å². The minimum absolute atomic E-state index is 0.198. The van der Waals surface area contributed by atoms with E-state index in [-0.39, 0.29) is 19.1 Å². The van der Waals surface area contributed by atoms with E-state index in [4.69, 9.17) is 4.74 Å². The van der Waals surface area contributed by atoms with Gasteiger partial charge in [-0.3, -0.25) is 4.79 Å². The molecule has 1 aromatic rings.